The fourth-order valence-electron chi connectivity index (χ4n) is 3.39. The Labute approximate surface area is 163 Å². The van der Waals surface area contributed by atoms with E-state index < -0.39 is 0 Å². The standard InChI is InChI=1S/C22H19INO/c23-20-13-7-12-19(20)21-24-22(16-25-21,14-17-8-3-1-4-9-17)15-18-10-5-2-6-11-18/h1-13H,14-16H2. The van der Waals surface area contributed by atoms with E-state index in [1.165, 1.54) is 15.1 Å². The second kappa shape index (κ2) is 7.48. The van der Waals surface area contributed by atoms with Gasteiger partial charge in [-0.3, -0.25) is 0 Å². The highest BCUT2D eigenvalue weighted by Gasteiger charge is 2.42. The van der Waals surface area contributed by atoms with Crippen molar-refractivity contribution in [3.05, 3.63) is 101 Å². The molecule has 4 rings (SSSR count). The molecule has 1 heterocycles. The number of ether oxygens (including phenoxy) is 1. The van der Waals surface area contributed by atoms with Crippen molar-refractivity contribution in [1.29, 1.82) is 0 Å². The molecule has 0 spiro atoms. The molecule has 0 N–H and O–H groups in total. The number of hydrogen-bond acceptors (Lipinski definition) is 2. The minimum atomic E-state index is -0.252. The Hall–Kier alpha value is -1.36. The smallest absolute Gasteiger partial charge is 0.193 e. The lowest BCUT2D eigenvalue weighted by molar-refractivity contribution is 0.250. The van der Waals surface area contributed by atoms with Crippen molar-refractivity contribution in [3.8, 4) is 0 Å². The number of benzene rings is 2. The second-order valence-corrected chi connectivity index (χ2v) is 7.70. The largest absolute Gasteiger partial charge is 0.478 e. The van der Waals surface area contributed by atoms with Crippen LogP contribution >= 0.6 is 22.6 Å². The van der Waals surface area contributed by atoms with Gasteiger partial charge >= 0.3 is 0 Å². The van der Waals surface area contributed by atoms with Crippen LogP contribution in [0.3, 0.4) is 0 Å². The van der Waals surface area contributed by atoms with Crippen molar-refractivity contribution < 1.29 is 4.74 Å². The number of nitrogens with zero attached hydrogens (tertiary/aromatic N) is 1. The first-order valence-corrected chi connectivity index (χ1v) is 9.54. The predicted molar refractivity (Wildman–Crippen MR) is 110 cm³/mol. The maximum Gasteiger partial charge on any atom is 0.193 e. The van der Waals surface area contributed by atoms with Gasteiger partial charge in [0, 0.05) is 12.8 Å². The minimum absolute atomic E-state index is 0.252. The van der Waals surface area contributed by atoms with Gasteiger partial charge in [0.25, 0.3) is 0 Å². The number of halogens is 1. The molecule has 125 valence electrons. The number of hydrogen-bond donors (Lipinski definition) is 0. The average Bonchev–Trinajstić information content (AvgIpc) is 3.23. The highest BCUT2D eigenvalue weighted by molar-refractivity contribution is 14.1. The molecule has 2 aliphatic rings. The number of aliphatic imine (C=N–C) groups is 1. The Morgan fingerprint density at radius 2 is 1.48 bits per heavy atom. The van der Waals surface area contributed by atoms with Crippen LogP contribution < -0.4 is 0 Å². The van der Waals surface area contributed by atoms with Gasteiger partial charge in [0.15, 0.2) is 5.90 Å². The molecular weight excluding hydrogens is 421 g/mol. The molecule has 5 radical (unpaired) electrons. The molecule has 0 aromatic heterocycles. The first kappa shape index (κ1) is 17.1. The van der Waals surface area contributed by atoms with Crippen LogP contribution in [0.5, 0.6) is 0 Å². The van der Waals surface area contributed by atoms with Crippen LogP contribution in [-0.4, -0.2) is 18.0 Å². The lowest BCUT2D eigenvalue weighted by Gasteiger charge is -2.24. The molecule has 1 aliphatic heterocycles. The molecule has 0 saturated heterocycles. The quantitative estimate of drug-likeness (QED) is 0.612. The van der Waals surface area contributed by atoms with E-state index in [0.717, 1.165) is 24.7 Å². The normalized spacial score (nSPS) is 20.4. The van der Waals surface area contributed by atoms with Gasteiger partial charge in [0.2, 0.25) is 0 Å². The first-order chi connectivity index (χ1) is 12.2. The van der Waals surface area contributed by atoms with Gasteiger partial charge in [-0.2, -0.15) is 0 Å². The summed E-state index contributed by atoms with van der Waals surface area (Å²) in [5, 5.41) is 0. The van der Waals surface area contributed by atoms with Crippen molar-refractivity contribution in [1.82, 2.24) is 0 Å². The van der Waals surface area contributed by atoms with E-state index in [-0.39, 0.29) is 5.54 Å². The third kappa shape index (κ3) is 3.91. The summed E-state index contributed by atoms with van der Waals surface area (Å²) in [6.45, 7) is 0.618. The van der Waals surface area contributed by atoms with E-state index in [1.54, 1.807) is 0 Å². The summed E-state index contributed by atoms with van der Waals surface area (Å²) < 4.78 is 7.27. The topological polar surface area (TPSA) is 21.6 Å². The van der Waals surface area contributed by atoms with Crippen LogP contribution in [0.1, 0.15) is 11.1 Å². The van der Waals surface area contributed by atoms with E-state index in [2.05, 4.69) is 103 Å². The minimum Gasteiger partial charge on any atom is -0.478 e. The van der Waals surface area contributed by atoms with Crippen molar-refractivity contribution in [2.75, 3.05) is 6.61 Å². The Morgan fingerprint density at radius 1 is 0.880 bits per heavy atom. The molecular formula is C22H19INO. The fourth-order valence-corrected chi connectivity index (χ4v) is 4.01. The third-order valence-electron chi connectivity index (χ3n) is 4.56. The molecule has 0 amide bonds. The summed E-state index contributed by atoms with van der Waals surface area (Å²) in [6.07, 6.45) is 7.99. The van der Waals surface area contributed by atoms with Crippen LogP contribution in [0.2, 0.25) is 0 Å². The monoisotopic (exact) mass is 440 g/mol. The maximum absolute atomic E-state index is 6.08. The van der Waals surface area contributed by atoms with E-state index in [4.69, 9.17) is 9.73 Å². The molecule has 1 aliphatic carbocycles. The van der Waals surface area contributed by atoms with Gasteiger partial charge in [-0.05, 0) is 30.4 Å². The molecule has 2 aromatic rings. The lowest BCUT2D eigenvalue weighted by atomic mass is 9.86. The molecule has 2 aromatic carbocycles. The van der Waals surface area contributed by atoms with E-state index >= 15 is 0 Å². The summed E-state index contributed by atoms with van der Waals surface area (Å²) in [4.78, 5) is 5.10. The van der Waals surface area contributed by atoms with Crippen LogP contribution in [0.25, 0.3) is 0 Å². The zero-order valence-electron chi connectivity index (χ0n) is 13.9. The van der Waals surface area contributed by atoms with Gasteiger partial charge in [0.1, 0.15) is 12.1 Å². The SMILES string of the molecule is I[C]1[CH][CH][CH][C]1C1=NC(Cc2ccccc2)(Cc2ccccc2)CO1. The lowest BCUT2D eigenvalue weighted by Crippen LogP contribution is -2.34. The van der Waals surface area contributed by atoms with Crippen molar-refractivity contribution in [3.63, 3.8) is 0 Å². The molecule has 0 atom stereocenters. The molecule has 0 unspecified atom stereocenters. The summed E-state index contributed by atoms with van der Waals surface area (Å²) in [5.74, 6) is 1.88. The number of rotatable bonds is 5. The Bertz CT molecular complexity index is 687. The second-order valence-electron chi connectivity index (χ2n) is 6.54. The highest BCUT2D eigenvalue weighted by Crippen LogP contribution is 2.42. The van der Waals surface area contributed by atoms with Gasteiger partial charge < -0.3 is 4.74 Å². The van der Waals surface area contributed by atoms with Crippen molar-refractivity contribution in [2.24, 2.45) is 4.99 Å². The van der Waals surface area contributed by atoms with Gasteiger partial charge in [-0.1, -0.05) is 83.3 Å². The summed E-state index contributed by atoms with van der Waals surface area (Å²) >= 11 is 2.34. The molecule has 0 bridgehead atoms. The zero-order chi connectivity index (χ0) is 17.1. The molecule has 2 nitrogen and oxygen atoms in total. The van der Waals surface area contributed by atoms with E-state index in [9.17, 15) is 0 Å². The summed E-state index contributed by atoms with van der Waals surface area (Å²) in [6, 6.07) is 21.2. The van der Waals surface area contributed by atoms with Gasteiger partial charge in [0.05, 0.1) is 9.84 Å². The van der Waals surface area contributed by atoms with Crippen LogP contribution in [0.4, 0.5) is 0 Å². The predicted octanol–water partition coefficient (Wildman–Crippen LogP) is 4.81. The highest BCUT2D eigenvalue weighted by atomic mass is 127. The maximum atomic E-state index is 6.08. The fraction of sp³-hybridized carbons (Fsp3) is 0.182. The molecule has 1 saturated carbocycles. The van der Waals surface area contributed by atoms with Crippen LogP contribution in [-0.2, 0) is 17.6 Å². The van der Waals surface area contributed by atoms with Crippen molar-refractivity contribution >= 4 is 28.5 Å². The van der Waals surface area contributed by atoms with Crippen LogP contribution in [0.15, 0.2) is 65.7 Å². The zero-order valence-corrected chi connectivity index (χ0v) is 16.0. The molecule has 25 heavy (non-hydrogen) atoms. The van der Waals surface area contributed by atoms with Crippen LogP contribution in [0, 0.1) is 29.1 Å². The van der Waals surface area contributed by atoms with E-state index in [1.807, 2.05) is 0 Å². The Morgan fingerprint density at radius 3 is 2.00 bits per heavy atom. The van der Waals surface area contributed by atoms with E-state index in [0.29, 0.717) is 6.61 Å². The third-order valence-corrected chi connectivity index (χ3v) is 5.50. The van der Waals surface area contributed by atoms with Gasteiger partial charge in [-0.25, -0.2) is 4.99 Å². The Balaban J connectivity index is 1.63. The van der Waals surface area contributed by atoms with Crippen molar-refractivity contribution in [2.45, 2.75) is 18.4 Å². The molecule has 3 heteroatoms. The Kier molecular flexibility index (Phi) is 5.11. The van der Waals surface area contributed by atoms with Gasteiger partial charge in [-0.15, -0.1) is 0 Å². The summed E-state index contributed by atoms with van der Waals surface area (Å²) in [5.41, 5.74) is 2.34. The molecule has 1 fully saturated rings. The average molecular weight is 440 g/mol. The summed E-state index contributed by atoms with van der Waals surface area (Å²) in [7, 11) is 0. The first-order valence-electron chi connectivity index (χ1n) is 8.46.